The van der Waals surface area contributed by atoms with Gasteiger partial charge >= 0.3 is 0 Å². The molecule has 0 radical (unpaired) electrons. The zero-order chi connectivity index (χ0) is 14.7. The monoisotopic (exact) mass is 288 g/mol. The van der Waals surface area contributed by atoms with Crippen molar-refractivity contribution in [2.24, 2.45) is 0 Å². The number of nitrogens with zero attached hydrogens (tertiary/aromatic N) is 3. The highest BCUT2D eigenvalue weighted by molar-refractivity contribution is 5.55. The van der Waals surface area contributed by atoms with Crippen molar-refractivity contribution >= 4 is 0 Å². The van der Waals surface area contributed by atoms with Gasteiger partial charge < -0.3 is 14.9 Å². The largest absolute Gasteiger partial charge is 0.392 e. The van der Waals surface area contributed by atoms with E-state index in [-0.39, 0.29) is 12.1 Å². The normalized spacial score (nSPS) is 20.8. The highest BCUT2D eigenvalue weighted by Gasteiger charge is 2.23. The molecule has 1 aliphatic rings. The summed E-state index contributed by atoms with van der Waals surface area (Å²) in [5.74, 6) is 0.600. The van der Waals surface area contributed by atoms with E-state index in [4.69, 9.17) is 4.52 Å². The Bertz CT molecular complexity index is 573. The molecule has 21 heavy (non-hydrogen) atoms. The summed E-state index contributed by atoms with van der Waals surface area (Å²) in [6, 6.07) is 8.36. The topological polar surface area (TPSA) is 74.4 Å². The lowest BCUT2D eigenvalue weighted by Gasteiger charge is -2.23. The molecule has 0 amide bonds. The number of hydrogen-bond acceptors (Lipinski definition) is 6. The Labute approximate surface area is 123 Å². The fourth-order valence-electron chi connectivity index (χ4n) is 2.79. The number of hydrogen-bond donors (Lipinski definition) is 2. The van der Waals surface area contributed by atoms with Crippen molar-refractivity contribution in [1.29, 1.82) is 0 Å². The van der Waals surface area contributed by atoms with Crippen molar-refractivity contribution in [2.45, 2.75) is 18.6 Å². The average molecular weight is 288 g/mol. The first-order valence-corrected chi connectivity index (χ1v) is 7.20. The summed E-state index contributed by atoms with van der Waals surface area (Å²) in [4.78, 5) is 6.37. The molecule has 0 aliphatic carbocycles. The lowest BCUT2D eigenvalue weighted by molar-refractivity contribution is 0.173. The van der Waals surface area contributed by atoms with Gasteiger partial charge in [0.1, 0.15) is 0 Å². The summed E-state index contributed by atoms with van der Waals surface area (Å²) in [6.45, 7) is 2.58. The molecular weight excluding hydrogens is 268 g/mol. The van der Waals surface area contributed by atoms with Crippen LogP contribution in [0.3, 0.4) is 0 Å². The first-order chi connectivity index (χ1) is 10.3. The number of β-amino-alcohol motifs (C(OH)–C–C–N with tert-alkyl or cyclic N) is 1. The second-order valence-corrected chi connectivity index (χ2v) is 5.42. The van der Waals surface area contributed by atoms with Gasteiger partial charge in [0.15, 0.2) is 0 Å². The van der Waals surface area contributed by atoms with E-state index in [1.165, 1.54) is 12.0 Å². The molecule has 1 aromatic heterocycles. The van der Waals surface area contributed by atoms with E-state index in [0.29, 0.717) is 5.82 Å². The van der Waals surface area contributed by atoms with Crippen LogP contribution in [0.1, 0.15) is 18.0 Å². The minimum absolute atomic E-state index is 0.187. The second-order valence-electron chi connectivity index (χ2n) is 5.42. The van der Waals surface area contributed by atoms with Crippen LogP contribution in [0.25, 0.3) is 11.4 Å². The Kier molecular flexibility index (Phi) is 4.28. The third-order valence-corrected chi connectivity index (χ3v) is 3.95. The van der Waals surface area contributed by atoms with E-state index >= 15 is 0 Å². The second kappa shape index (κ2) is 6.34. The summed E-state index contributed by atoms with van der Waals surface area (Å²) >= 11 is 0. The molecule has 6 nitrogen and oxygen atoms in total. The van der Waals surface area contributed by atoms with Crippen LogP contribution in [-0.4, -0.2) is 52.9 Å². The Balaban J connectivity index is 1.76. The smallest absolute Gasteiger partial charge is 0.214 e. The molecule has 6 heteroatoms. The number of likely N-dealkylation sites (N-methyl/N-ethyl adjacent to an activating group) is 1. The Morgan fingerprint density at radius 2 is 2.43 bits per heavy atom. The standard InChI is InChI=1S/C15H20N4O2/c1-16-14(9-19-6-5-13(20)8-19)11-3-2-4-12(7-11)15-17-10-21-18-15/h2-4,7,10,13-14,16,20H,5-6,8-9H2,1H3/t13-,14?/m1/s1. The van der Waals surface area contributed by atoms with Crippen LogP contribution in [0, 0.1) is 0 Å². The molecule has 1 fully saturated rings. The van der Waals surface area contributed by atoms with Gasteiger partial charge in [0.25, 0.3) is 0 Å². The van der Waals surface area contributed by atoms with Crippen molar-refractivity contribution in [3.63, 3.8) is 0 Å². The number of aliphatic hydroxyl groups is 1. The molecule has 1 aromatic carbocycles. The van der Waals surface area contributed by atoms with E-state index < -0.39 is 0 Å². The van der Waals surface area contributed by atoms with Gasteiger partial charge in [-0.25, -0.2) is 0 Å². The van der Waals surface area contributed by atoms with E-state index in [0.717, 1.165) is 31.6 Å². The van der Waals surface area contributed by atoms with Gasteiger partial charge in [0.2, 0.25) is 12.2 Å². The molecule has 1 unspecified atom stereocenters. The van der Waals surface area contributed by atoms with Crippen LogP contribution in [0.4, 0.5) is 0 Å². The molecule has 0 bridgehead atoms. The molecule has 2 heterocycles. The van der Waals surface area contributed by atoms with Gasteiger partial charge in [-0.2, -0.15) is 4.98 Å². The number of aliphatic hydroxyl groups excluding tert-OH is 1. The van der Waals surface area contributed by atoms with Gasteiger partial charge in [0.05, 0.1) is 6.10 Å². The first-order valence-electron chi connectivity index (χ1n) is 7.20. The summed E-state index contributed by atoms with van der Waals surface area (Å²) in [7, 11) is 1.96. The maximum Gasteiger partial charge on any atom is 0.214 e. The van der Waals surface area contributed by atoms with Crippen molar-refractivity contribution in [3.05, 3.63) is 36.2 Å². The van der Waals surface area contributed by atoms with Crippen molar-refractivity contribution in [2.75, 3.05) is 26.7 Å². The van der Waals surface area contributed by atoms with Gasteiger partial charge in [-0.3, -0.25) is 4.90 Å². The molecular formula is C15H20N4O2. The molecule has 1 aliphatic heterocycles. The molecule has 2 atom stereocenters. The number of likely N-dealkylation sites (tertiary alicyclic amines) is 1. The molecule has 3 rings (SSSR count). The zero-order valence-corrected chi connectivity index (χ0v) is 12.1. The van der Waals surface area contributed by atoms with Gasteiger partial charge in [-0.1, -0.05) is 23.4 Å². The molecule has 0 saturated carbocycles. The van der Waals surface area contributed by atoms with Crippen molar-refractivity contribution in [3.8, 4) is 11.4 Å². The lowest BCUT2D eigenvalue weighted by Crippen LogP contribution is -2.33. The third kappa shape index (κ3) is 3.29. The van der Waals surface area contributed by atoms with E-state index in [9.17, 15) is 5.11 Å². The molecule has 2 aromatic rings. The zero-order valence-electron chi connectivity index (χ0n) is 12.1. The SMILES string of the molecule is CNC(CN1CC[C@@H](O)C1)c1cccc(-c2ncon2)c1. The molecule has 2 N–H and O–H groups in total. The number of rotatable bonds is 5. The summed E-state index contributed by atoms with van der Waals surface area (Å²) < 4.78 is 4.80. The maximum atomic E-state index is 9.64. The number of nitrogens with one attached hydrogen (secondary N) is 1. The number of aromatic nitrogens is 2. The fourth-order valence-corrected chi connectivity index (χ4v) is 2.79. The average Bonchev–Trinajstić information content (AvgIpc) is 3.16. The maximum absolute atomic E-state index is 9.64. The third-order valence-electron chi connectivity index (χ3n) is 3.95. The summed E-state index contributed by atoms with van der Waals surface area (Å²) in [6.07, 6.45) is 2.01. The van der Waals surface area contributed by atoms with Gasteiger partial charge in [-0.05, 0) is 25.1 Å². The summed E-state index contributed by atoms with van der Waals surface area (Å²) in [5.41, 5.74) is 2.13. The van der Waals surface area contributed by atoms with E-state index in [1.54, 1.807) is 0 Å². The first kappa shape index (κ1) is 14.2. The van der Waals surface area contributed by atoms with Crippen LogP contribution in [0.2, 0.25) is 0 Å². The Morgan fingerprint density at radius 1 is 1.52 bits per heavy atom. The van der Waals surface area contributed by atoms with Crippen LogP contribution < -0.4 is 5.32 Å². The van der Waals surface area contributed by atoms with Crippen LogP contribution in [-0.2, 0) is 0 Å². The molecule has 112 valence electrons. The van der Waals surface area contributed by atoms with E-state index in [2.05, 4.69) is 32.5 Å². The van der Waals surface area contributed by atoms with E-state index in [1.807, 2.05) is 19.2 Å². The highest BCUT2D eigenvalue weighted by Crippen LogP contribution is 2.22. The predicted molar refractivity (Wildman–Crippen MR) is 78.6 cm³/mol. The van der Waals surface area contributed by atoms with Crippen LogP contribution in [0.5, 0.6) is 0 Å². The minimum atomic E-state index is -0.187. The fraction of sp³-hybridized carbons (Fsp3) is 0.467. The Hall–Kier alpha value is -1.76. The minimum Gasteiger partial charge on any atom is -0.392 e. The Morgan fingerprint density at radius 3 is 3.10 bits per heavy atom. The van der Waals surface area contributed by atoms with Crippen molar-refractivity contribution < 1.29 is 9.63 Å². The molecule has 1 saturated heterocycles. The molecule has 0 spiro atoms. The van der Waals surface area contributed by atoms with Gasteiger partial charge in [0, 0.05) is 31.2 Å². The van der Waals surface area contributed by atoms with Gasteiger partial charge in [-0.15, -0.1) is 0 Å². The predicted octanol–water partition coefficient (Wildman–Crippen LogP) is 1.06. The quantitative estimate of drug-likeness (QED) is 0.857. The van der Waals surface area contributed by atoms with Crippen molar-refractivity contribution in [1.82, 2.24) is 20.4 Å². The lowest BCUT2D eigenvalue weighted by atomic mass is 10.0. The summed E-state index contributed by atoms with van der Waals surface area (Å²) in [5, 5.41) is 16.9. The van der Waals surface area contributed by atoms with Crippen LogP contribution in [0.15, 0.2) is 35.2 Å². The van der Waals surface area contributed by atoms with Crippen LogP contribution >= 0.6 is 0 Å². The number of benzene rings is 1. The highest BCUT2D eigenvalue weighted by atomic mass is 16.5.